The summed E-state index contributed by atoms with van der Waals surface area (Å²) in [5.41, 5.74) is -0.785. The van der Waals surface area contributed by atoms with E-state index in [1.54, 1.807) is 19.3 Å². The number of hydrogen-bond acceptors (Lipinski definition) is 5. The van der Waals surface area contributed by atoms with Crippen LogP contribution in [0.5, 0.6) is 0 Å². The van der Waals surface area contributed by atoms with Gasteiger partial charge in [0.05, 0.1) is 10.6 Å². The van der Waals surface area contributed by atoms with Gasteiger partial charge in [0.25, 0.3) is 0 Å². The number of nitrogens with one attached hydrogen (secondary N) is 3. The van der Waals surface area contributed by atoms with E-state index in [-0.39, 0.29) is 18.4 Å². The maximum Gasteiger partial charge on any atom is 0.419 e. The third-order valence-corrected chi connectivity index (χ3v) is 4.91. The molecule has 0 amide bonds. The molecule has 3 N–H and O–H groups in total. The number of hydrogen-bond donors (Lipinski definition) is 3. The number of aliphatic imine (C=N–C) groups is 1. The van der Waals surface area contributed by atoms with Crippen LogP contribution in [0.15, 0.2) is 41.7 Å². The summed E-state index contributed by atoms with van der Waals surface area (Å²) in [6, 6.07) is 6.02. The van der Waals surface area contributed by atoms with E-state index >= 15 is 0 Å². The molecule has 1 aliphatic heterocycles. The lowest BCUT2D eigenvalue weighted by Crippen LogP contribution is -2.45. The molecule has 7 nitrogen and oxygen atoms in total. The molecule has 30 heavy (non-hydrogen) atoms. The lowest BCUT2D eigenvalue weighted by atomic mass is 10.2. The Morgan fingerprint density at radius 1 is 1.23 bits per heavy atom. The van der Waals surface area contributed by atoms with Crippen LogP contribution in [0, 0.1) is 0 Å². The fourth-order valence-electron chi connectivity index (χ4n) is 3.21. The summed E-state index contributed by atoms with van der Waals surface area (Å²) in [5, 5.41) is 9.75. The summed E-state index contributed by atoms with van der Waals surface area (Å²) in [7, 11) is 1.64. The SMILES string of the molecule is CN=C(NCCNc1ncccc1C(F)(F)F)NC1CCN(c2ncccc2Cl)C1. The predicted molar refractivity (Wildman–Crippen MR) is 112 cm³/mol. The first kappa shape index (κ1) is 21.9. The minimum Gasteiger partial charge on any atom is -0.368 e. The van der Waals surface area contributed by atoms with Crippen LogP contribution in [0.4, 0.5) is 24.8 Å². The normalized spacial score (nSPS) is 17.2. The summed E-state index contributed by atoms with van der Waals surface area (Å²) in [4.78, 5) is 14.4. The monoisotopic (exact) mass is 441 g/mol. The molecule has 162 valence electrons. The Kier molecular flexibility index (Phi) is 7.20. The van der Waals surface area contributed by atoms with Gasteiger partial charge in [-0.1, -0.05) is 11.6 Å². The molecule has 2 aromatic rings. The molecule has 3 heterocycles. The van der Waals surface area contributed by atoms with Gasteiger partial charge >= 0.3 is 6.18 Å². The quantitative estimate of drug-likeness (QED) is 0.363. The molecule has 1 aliphatic rings. The fourth-order valence-corrected chi connectivity index (χ4v) is 3.45. The molecule has 1 atom stereocenters. The number of aromatic nitrogens is 2. The standard InChI is InChI=1S/C19H23ClF3N7/c1-24-18(28-10-9-26-16-14(19(21,22)23)4-2-7-25-16)29-13-6-11-30(12-13)17-15(20)5-3-8-27-17/h2-5,7-8,13H,6,9-12H2,1H3,(H,25,26)(H2,24,28,29). The van der Waals surface area contributed by atoms with Gasteiger partial charge < -0.3 is 20.9 Å². The highest BCUT2D eigenvalue weighted by Gasteiger charge is 2.34. The second-order valence-electron chi connectivity index (χ2n) is 6.71. The predicted octanol–water partition coefficient (Wildman–Crippen LogP) is 3.00. The maximum atomic E-state index is 13.0. The molecular weight excluding hydrogens is 419 g/mol. The Bertz CT molecular complexity index is 875. The van der Waals surface area contributed by atoms with E-state index in [0.717, 1.165) is 31.4 Å². The Morgan fingerprint density at radius 2 is 2.00 bits per heavy atom. The smallest absolute Gasteiger partial charge is 0.368 e. The molecule has 0 spiro atoms. The zero-order valence-electron chi connectivity index (χ0n) is 16.4. The van der Waals surface area contributed by atoms with Crippen molar-refractivity contribution in [1.29, 1.82) is 0 Å². The molecule has 0 aliphatic carbocycles. The third-order valence-electron chi connectivity index (χ3n) is 4.61. The molecule has 11 heteroatoms. The number of nitrogens with zero attached hydrogens (tertiary/aromatic N) is 4. The topological polar surface area (TPSA) is 77.5 Å². The minimum atomic E-state index is -4.45. The highest BCUT2D eigenvalue weighted by atomic mass is 35.5. The van der Waals surface area contributed by atoms with Crippen molar-refractivity contribution in [3.05, 3.63) is 47.2 Å². The van der Waals surface area contributed by atoms with Crippen LogP contribution in [0.2, 0.25) is 5.02 Å². The van der Waals surface area contributed by atoms with E-state index < -0.39 is 11.7 Å². The molecular formula is C19H23ClF3N7. The largest absolute Gasteiger partial charge is 0.419 e. The summed E-state index contributed by atoms with van der Waals surface area (Å²) >= 11 is 6.22. The van der Waals surface area contributed by atoms with Crippen molar-refractivity contribution < 1.29 is 13.2 Å². The van der Waals surface area contributed by atoms with Crippen LogP contribution in [0.3, 0.4) is 0 Å². The molecule has 1 fully saturated rings. The Balaban J connectivity index is 1.46. The van der Waals surface area contributed by atoms with Gasteiger partial charge in [-0.3, -0.25) is 4.99 Å². The van der Waals surface area contributed by atoms with Crippen molar-refractivity contribution in [2.75, 3.05) is 43.4 Å². The third kappa shape index (κ3) is 5.65. The van der Waals surface area contributed by atoms with Crippen LogP contribution in [-0.2, 0) is 6.18 Å². The average molecular weight is 442 g/mol. The van der Waals surface area contributed by atoms with Crippen molar-refractivity contribution in [2.24, 2.45) is 4.99 Å². The first-order chi connectivity index (χ1) is 14.4. The van der Waals surface area contributed by atoms with E-state index in [4.69, 9.17) is 11.6 Å². The van der Waals surface area contributed by atoms with Gasteiger partial charge in [-0.2, -0.15) is 13.2 Å². The first-order valence-electron chi connectivity index (χ1n) is 9.47. The second-order valence-corrected chi connectivity index (χ2v) is 7.12. The van der Waals surface area contributed by atoms with E-state index in [1.165, 1.54) is 12.3 Å². The van der Waals surface area contributed by atoms with E-state index in [2.05, 4.69) is 35.8 Å². The molecule has 3 rings (SSSR count). The Labute approximate surface area is 177 Å². The molecule has 0 bridgehead atoms. The zero-order valence-corrected chi connectivity index (χ0v) is 17.1. The van der Waals surface area contributed by atoms with E-state index in [1.807, 2.05) is 6.07 Å². The van der Waals surface area contributed by atoms with E-state index in [0.29, 0.717) is 17.5 Å². The molecule has 0 aromatic carbocycles. The fraction of sp³-hybridized carbons (Fsp3) is 0.421. The lowest BCUT2D eigenvalue weighted by Gasteiger charge is -2.20. The molecule has 0 radical (unpaired) electrons. The van der Waals surface area contributed by atoms with Crippen molar-refractivity contribution in [3.8, 4) is 0 Å². The van der Waals surface area contributed by atoms with Crippen LogP contribution in [0.25, 0.3) is 0 Å². The second kappa shape index (κ2) is 9.84. The van der Waals surface area contributed by atoms with Gasteiger partial charge in [-0.15, -0.1) is 0 Å². The first-order valence-corrected chi connectivity index (χ1v) is 9.85. The van der Waals surface area contributed by atoms with Gasteiger partial charge in [0, 0.05) is 51.7 Å². The van der Waals surface area contributed by atoms with Crippen LogP contribution >= 0.6 is 11.6 Å². The Hall–Kier alpha value is -2.75. The molecule has 0 saturated carbocycles. The summed E-state index contributed by atoms with van der Waals surface area (Å²) < 4.78 is 39.0. The van der Waals surface area contributed by atoms with Crippen LogP contribution in [0.1, 0.15) is 12.0 Å². The zero-order chi connectivity index (χ0) is 21.6. The van der Waals surface area contributed by atoms with Crippen LogP contribution < -0.4 is 20.9 Å². The van der Waals surface area contributed by atoms with Gasteiger partial charge in [0.1, 0.15) is 11.6 Å². The maximum absolute atomic E-state index is 13.0. The van der Waals surface area contributed by atoms with Crippen molar-refractivity contribution in [3.63, 3.8) is 0 Å². The summed E-state index contributed by atoms with van der Waals surface area (Å²) in [6.45, 7) is 2.16. The number of rotatable bonds is 6. The minimum absolute atomic E-state index is 0.148. The van der Waals surface area contributed by atoms with Gasteiger partial charge in [0.15, 0.2) is 5.96 Å². The Morgan fingerprint density at radius 3 is 2.73 bits per heavy atom. The van der Waals surface area contributed by atoms with Crippen molar-refractivity contribution in [2.45, 2.75) is 18.6 Å². The van der Waals surface area contributed by atoms with Gasteiger partial charge in [-0.25, -0.2) is 9.97 Å². The molecule has 2 aromatic heterocycles. The van der Waals surface area contributed by atoms with E-state index in [9.17, 15) is 13.2 Å². The summed E-state index contributed by atoms with van der Waals surface area (Å²) in [6.07, 6.45) is -0.534. The lowest BCUT2D eigenvalue weighted by molar-refractivity contribution is -0.137. The number of alkyl halides is 3. The van der Waals surface area contributed by atoms with Gasteiger partial charge in [-0.05, 0) is 30.7 Å². The summed E-state index contributed by atoms with van der Waals surface area (Å²) in [5.74, 6) is 1.15. The number of halogens is 4. The molecule has 1 unspecified atom stereocenters. The van der Waals surface area contributed by atoms with Crippen molar-refractivity contribution in [1.82, 2.24) is 20.6 Å². The number of pyridine rings is 2. The number of guanidine groups is 1. The number of anilines is 2. The molecule has 1 saturated heterocycles. The highest BCUT2D eigenvalue weighted by Crippen LogP contribution is 2.33. The average Bonchev–Trinajstić information content (AvgIpc) is 3.18. The van der Waals surface area contributed by atoms with Gasteiger partial charge in [0.2, 0.25) is 0 Å². The highest BCUT2D eigenvalue weighted by molar-refractivity contribution is 6.32. The van der Waals surface area contributed by atoms with Crippen molar-refractivity contribution >= 4 is 29.2 Å². The van der Waals surface area contributed by atoms with Crippen LogP contribution in [-0.4, -0.2) is 55.2 Å².